The second-order valence-corrected chi connectivity index (χ2v) is 6.87. The molecule has 1 aliphatic heterocycles. The topological polar surface area (TPSA) is 73.4 Å². The maximum absolute atomic E-state index is 12.7. The summed E-state index contributed by atoms with van der Waals surface area (Å²) in [6, 6.07) is 4.17. The first-order valence-corrected chi connectivity index (χ1v) is 8.46. The third-order valence-electron chi connectivity index (χ3n) is 5.14. The Hall–Kier alpha value is -2.30. The number of carbonyl (C=O) groups is 2. The van der Waals surface area contributed by atoms with Crippen LogP contribution in [0.5, 0.6) is 0 Å². The van der Waals surface area contributed by atoms with Crippen LogP contribution in [0.2, 0.25) is 0 Å². The molecular formula is C19H24N2O3. The van der Waals surface area contributed by atoms with Crippen molar-refractivity contribution in [2.24, 2.45) is 5.92 Å². The summed E-state index contributed by atoms with van der Waals surface area (Å²) < 4.78 is 0. The number of H-pyrrole nitrogens is 1. The number of benzene rings is 1. The highest BCUT2D eigenvalue weighted by Crippen LogP contribution is 2.29. The first-order chi connectivity index (χ1) is 11.4. The SMILES string of the molecule is Cc1[nH]c2c(C)ccc(C)c2c1CC(=O)N1CCC[C@@H](C(=O)O)C1. The standard InChI is InChI=1S/C19H24N2O3/c1-11-6-7-12(2)18-17(11)15(13(3)20-18)9-16(22)21-8-4-5-14(10-21)19(23)24/h6-7,14,20H,4-5,8-10H2,1-3H3,(H,23,24)/t14-/m1/s1. The van der Waals surface area contributed by atoms with E-state index in [1.807, 2.05) is 6.92 Å². The van der Waals surface area contributed by atoms with Crippen molar-refractivity contribution in [2.45, 2.75) is 40.0 Å². The molecule has 1 atom stereocenters. The number of nitrogens with zero attached hydrogens (tertiary/aromatic N) is 1. The molecule has 0 aliphatic carbocycles. The summed E-state index contributed by atoms with van der Waals surface area (Å²) in [4.78, 5) is 29.1. The molecule has 0 saturated carbocycles. The number of hydrogen-bond acceptors (Lipinski definition) is 2. The third-order valence-corrected chi connectivity index (χ3v) is 5.14. The Morgan fingerprint density at radius 3 is 2.67 bits per heavy atom. The molecule has 1 fully saturated rings. The number of carbonyl (C=O) groups excluding carboxylic acids is 1. The normalized spacial score (nSPS) is 18.1. The Kier molecular flexibility index (Phi) is 4.35. The number of amides is 1. The van der Waals surface area contributed by atoms with Crippen LogP contribution in [-0.4, -0.2) is 40.0 Å². The summed E-state index contributed by atoms with van der Waals surface area (Å²) in [5.41, 5.74) is 5.47. The molecule has 2 N–H and O–H groups in total. The van der Waals surface area contributed by atoms with Crippen LogP contribution in [0.25, 0.3) is 10.9 Å². The van der Waals surface area contributed by atoms with E-state index < -0.39 is 11.9 Å². The maximum Gasteiger partial charge on any atom is 0.308 e. The summed E-state index contributed by atoms with van der Waals surface area (Å²) in [5.74, 6) is -1.22. The minimum atomic E-state index is -0.803. The van der Waals surface area contributed by atoms with Crippen LogP contribution in [0.4, 0.5) is 0 Å². The van der Waals surface area contributed by atoms with Gasteiger partial charge in [0.05, 0.1) is 12.3 Å². The molecule has 1 amide bonds. The first-order valence-electron chi connectivity index (χ1n) is 8.46. The fourth-order valence-electron chi connectivity index (χ4n) is 3.70. The highest BCUT2D eigenvalue weighted by atomic mass is 16.4. The molecule has 1 aliphatic rings. The fraction of sp³-hybridized carbons (Fsp3) is 0.474. The minimum Gasteiger partial charge on any atom is -0.481 e. The van der Waals surface area contributed by atoms with Crippen molar-refractivity contribution >= 4 is 22.8 Å². The van der Waals surface area contributed by atoms with Gasteiger partial charge in [0.2, 0.25) is 5.91 Å². The Bertz CT molecular complexity index is 807. The highest BCUT2D eigenvalue weighted by molar-refractivity contribution is 5.94. The molecule has 1 saturated heterocycles. The molecule has 1 aromatic heterocycles. The lowest BCUT2D eigenvalue weighted by atomic mass is 9.96. The Morgan fingerprint density at radius 1 is 1.25 bits per heavy atom. The predicted molar refractivity (Wildman–Crippen MR) is 93.2 cm³/mol. The number of fused-ring (bicyclic) bond motifs is 1. The Balaban J connectivity index is 1.87. The molecule has 0 bridgehead atoms. The van der Waals surface area contributed by atoms with Gasteiger partial charge in [-0.3, -0.25) is 9.59 Å². The Morgan fingerprint density at radius 2 is 1.96 bits per heavy atom. The molecule has 24 heavy (non-hydrogen) atoms. The number of aromatic nitrogens is 1. The van der Waals surface area contributed by atoms with E-state index >= 15 is 0 Å². The van der Waals surface area contributed by atoms with Crippen molar-refractivity contribution in [2.75, 3.05) is 13.1 Å². The van der Waals surface area contributed by atoms with Gasteiger partial charge in [-0.25, -0.2) is 0 Å². The molecule has 2 heterocycles. The van der Waals surface area contributed by atoms with E-state index in [2.05, 4.69) is 31.0 Å². The summed E-state index contributed by atoms with van der Waals surface area (Å²) in [5, 5.41) is 10.3. The van der Waals surface area contributed by atoms with Gasteiger partial charge in [0.1, 0.15) is 0 Å². The second kappa shape index (κ2) is 6.30. The van der Waals surface area contributed by atoms with Crippen LogP contribution in [0.3, 0.4) is 0 Å². The van der Waals surface area contributed by atoms with E-state index in [0.29, 0.717) is 25.9 Å². The summed E-state index contributed by atoms with van der Waals surface area (Å²) in [7, 11) is 0. The molecule has 1 aromatic carbocycles. The fourth-order valence-corrected chi connectivity index (χ4v) is 3.70. The number of aromatic amines is 1. The lowest BCUT2D eigenvalue weighted by Gasteiger charge is -2.30. The van der Waals surface area contributed by atoms with Crippen LogP contribution in [0.15, 0.2) is 12.1 Å². The summed E-state index contributed by atoms with van der Waals surface area (Å²) >= 11 is 0. The summed E-state index contributed by atoms with van der Waals surface area (Å²) in [6.07, 6.45) is 1.74. The molecule has 3 rings (SSSR count). The number of carboxylic acid groups (broad SMARTS) is 1. The van der Waals surface area contributed by atoms with E-state index in [1.54, 1.807) is 4.90 Å². The summed E-state index contributed by atoms with van der Waals surface area (Å²) in [6.45, 7) is 7.10. The van der Waals surface area contributed by atoms with E-state index in [-0.39, 0.29) is 5.91 Å². The van der Waals surface area contributed by atoms with Gasteiger partial charge < -0.3 is 15.0 Å². The zero-order valence-electron chi connectivity index (χ0n) is 14.5. The van der Waals surface area contributed by atoms with Crippen molar-refractivity contribution in [1.29, 1.82) is 0 Å². The lowest BCUT2D eigenvalue weighted by molar-refractivity contribution is -0.145. The van der Waals surface area contributed by atoms with E-state index in [1.165, 1.54) is 5.56 Å². The van der Waals surface area contributed by atoms with Gasteiger partial charge in [0.25, 0.3) is 0 Å². The number of aliphatic carboxylic acids is 1. The molecule has 5 nitrogen and oxygen atoms in total. The zero-order valence-corrected chi connectivity index (χ0v) is 14.5. The molecule has 0 unspecified atom stereocenters. The third kappa shape index (κ3) is 2.90. The van der Waals surface area contributed by atoms with Gasteiger partial charge in [0.15, 0.2) is 0 Å². The molecule has 0 radical (unpaired) electrons. The zero-order chi connectivity index (χ0) is 17.4. The average molecular weight is 328 g/mol. The molecule has 2 aromatic rings. The Labute approximate surface area is 141 Å². The average Bonchev–Trinajstić information content (AvgIpc) is 2.89. The highest BCUT2D eigenvalue weighted by Gasteiger charge is 2.28. The number of likely N-dealkylation sites (tertiary alicyclic amines) is 1. The van der Waals surface area contributed by atoms with Crippen LogP contribution in [0.1, 0.15) is 35.2 Å². The van der Waals surface area contributed by atoms with Gasteiger partial charge in [0, 0.05) is 29.7 Å². The molecule has 5 heteroatoms. The number of nitrogens with one attached hydrogen (secondary N) is 1. The number of carboxylic acids is 1. The number of aryl methyl sites for hydroxylation is 3. The van der Waals surface area contributed by atoms with E-state index in [0.717, 1.165) is 34.1 Å². The van der Waals surface area contributed by atoms with E-state index in [4.69, 9.17) is 0 Å². The molecule has 128 valence electrons. The van der Waals surface area contributed by atoms with Gasteiger partial charge in [-0.15, -0.1) is 0 Å². The van der Waals surface area contributed by atoms with Gasteiger partial charge in [-0.1, -0.05) is 12.1 Å². The van der Waals surface area contributed by atoms with Crippen molar-refractivity contribution in [3.05, 3.63) is 34.5 Å². The van der Waals surface area contributed by atoms with E-state index in [9.17, 15) is 14.7 Å². The predicted octanol–water partition coefficient (Wildman–Crippen LogP) is 2.96. The second-order valence-electron chi connectivity index (χ2n) is 6.87. The molecule has 0 spiro atoms. The van der Waals surface area contributed by atoms with Crippen molar-refractivity contribution < 1.29 is 14.7 Å². The van der Waals surface area contributed by atoms with Gasteiger partial charge >= 0.3 is 5.97 Å². The van der Waals surface area contributed by atoms with Gasteiger partial charge in [-0.05, 0) is 50.3 Å². The quantitative estimate of drug-likeness (QED) is 0.910. The number of piperidine rings is 1. The lowest BCUT2D eigenvalue weighted by Crippen LogP contribution is -2.43. The maximum atomic E-state index is 12.7. The monoisotopic (exact) mass is 328 g/mol. The first kappa shape index (κ1) is 16.6. The van der Waals surface area contributed by atoms with Crippen LogP contribution in [0, 0.1) is 26.7 Å². The largest absolute Gasteiger partial charge is 0.481 e. The van der Waals surface area contributed by atoms with Crippen LogP contribution in [-0.2, 0) is 16.0 Å². The van der Waals surface area contributed by atoms with Crippen molar-refractivity contribution in [3.63, 3.8) is 0 Å². The van der Waals surface area contributed by atoms with Crippen molar-refractivity contribution in [3.8, 4) is 0 Å². The van der Waals surface area contributed by atoms with Gasteiger partial charge in [-0.2, -0.15) is 0 Å². The minimum absolute atomic E-state index is 0.0193. The number of hydrogen-bond donors (Lipinski definition) is 2. The number of rotatable bonds is 3. The van der Waals surface area contributed by atoms with Crippen LogP contribution >= 0.6 is 0 Å². The smallest absolute Gasteiger partial charge is 0.308 e. The molecular weight excluding hydrogens is 304 g/mol. The van der Waals surface area contributed by atoms with Crippen LogP contribution < -0.4 is 0 Å². The van der Waals surface area contributed by atoms with Crippen molar-refractivity contribution in [1.82, 2.24) is 9.88 Å².